The zero-order valence-corrected chi connectivity index (χ0v) is 13.2. The Labute approximate surface area is 133 Å². The second kappa shape index (κ2) is 7.44. The molecule has 0 atom stereocenters. The number of hydrogen-bond donors (Lipinski definition) is 1. The quantitative estimate of drug-likeness (QED) is 0.821. The summed E-state index contributed by atoms with van der Waals surface area (Å²) in [6, 6.07) is 7.25. The number of carbonyl (C=O) groups excluding carboxylic acids is 2. The lowest BCUT2D eigenvalue weighted by Gasteiger charge is -2.11. The van der Waals surface area contributed by atoms with E-state index in [9.17, 15) is 9.59 Å². The number of aromatic nitrogens is 1. The number of nitrogens with zero attached hydrogens (tertiary/aromatic N) is 1. The minimum Gasteiger partial charge on any atom is -0.481 e. The van der Waals surface area contributed by atoms with Crippen LogP contribution in [0.25, 0.3) is 0 Å². The van der Waals surface area contributed by atoms with Crippen molar-refractivity contribution in [3.05, 3.63) is 41.2 Å². The van der Waals surface area contributed by atoms with Gasteiger partial charge in [0.25, 0.3) is 5.91 Å². The van der Waals surface area contributed by atoms with Gasteiger partial charge in [-0.15, -0.1) is 0 Å². The highest BCUT2D eigenvalue weighted by Crippen LogP contribution is 2.22. The molecule has 2 aromatic rings. The van der Waals surface area contributed by atoms with E-state index in [0.29, 0.717) is 11.5 Å². The van der Waals surface area contributed by atoms with Gasteiger partial charge < -0.3 is 19.3 Å². The van der Waals surface area contributed by atoms with Gasteiger partial charge in [0.1, 0.15) is 11.5 Å². The number of hydrogen-bond acceptors (Lipinski definition) is 6. The van der Waals surface area contributed by atoms with Gasteiger partial charge in [-0.25, -0.2) is 4.79 Å². The molecule has 122 valence electrons. The Morgan fingerprint density at radius 1 is 1.17 bits per heavy atom. The van der Waals surface area contributed by atoms with Gasteiger partial charge in [0.15, 0.2) is 19.0 Å². The van der Waals surface area contributed by atoms with E-state index in [4.69, 9.17) is 14.0 Å². The van der Waals surface area contributed by atoms with Gasteiger partial charge in [-0.2, -0.15) is 0 Å². The summed E-state index contributed by atoms with van der Waals surface area (Å²) in [5.41, 5.74) is 1.86. The van der Waals surface area contributed by atoms with Gasteiger partial charge in [0.2, 0.25) is 0 Å². The number of aryl methyl sites for hydroxylation is 3. The molecular weight excluding hydrogens is 300 g/mol. The van der Waals surface area contributed by atoms with Crippen molar-refractivity contribution in [2.45, 2.75) is 20.8 Å². The molecule has 1 N–H and O–H groups in total. The van der Waals surface area contributed by atoms with Crippen LogP contribution in [0.4, 0.5) is 5.82 Å². The van der Waals surface area contributed by atoms with E-state index in [1.54, 1.807) is 13.0 Å². The number of nitrogens with one attached hydrogen (secondary N) is 1. The van der Waals surface area contributed by atoms with Crippen LogP contribution >= 0.6 is 0 Å². The van der Waals surface area contributed by atoms with Crippen molar-refractivity contribution in [1.82, 2.24) is 5.16 Å². The first-order valence-corrected chi connectivity index (χ1v) is 7.03. The molecule has 7 nitrogen and oxygen atoms in total. The van der Waals surface area contributed by atoms with Crippen molar-refractivity contribution in [1.29, 1.82) is 0 Å². The fraction of sp³-hybridized carbons (Fsp3) is 0.312. The van der Waals surface area contributed by atoms with E-state index in [0.717, 1.165) is 11.1 Å². The Balaban J connectivity index is 1.76. The number of anilines is 1. The number of amides is 1. The molecule has 0 saturated carbocycles. The predicted molar refractivity (Wildman–Crippen MR) is 82.2 cm³/mol. The van der Waals surface area contributed by atoms with E-state index in [-0.39, 0.29) is 12.4 Å². The average Bonchev–Trinajstić information content (AvgIpc) is 2.89. The molecular formula is C16H18N2O5. The molecule has 0 aliphatic carbocycles. The van der Waals surface area contributed by atoms with Crippen molar-refractivity contribution in [3.63, 3.8) is 0 Å². The average molecular weight is 318 g/mol. The molecule has 0 spiro atoms. The molecule has 1 aromatic heterocycles. The first-order chi connectivity index (χ1) is 11.0. The molecule has 0 bridgehead atoms. The Morgan fingerprint density at radius 3 is 2.48 bits per heavy atom. The highest BCUT2D eigenvalue weighted by Gasteiger charge is 2.12. The van der Waals surface area contributed by atoms with E-state index in [1.165, 1.54) is 0 Å². The van der Waals surface area contributed by atoms with Crippen LogP contribution in [0.2, 0.25) is 0 Å². The van der Waals surface area contributed by atoms with Gasteiger partial charge >= 0.3 is 5.97 Å². The van der Waals surface area contributed by atoms with Gasteiger partial charge in [0, 0.05) is 6.07 Å². The van der Waals surface area contributed by atoms with Crippen molar-refractivity contribution in [2.24, 2.45) is 0 Å². The third kappa shape index (κ3) is 4.84. The highest BCUT2D eigenvalue weighted by atomic mass is 16.6. The summed E-state index contributed by atoms with van der Waals surface area (Å²) in [7, 11) is 0. The molecule has 2 rings (SSSR count). The monoisotopic (exact) mass is 318 g/mol. The minimum atomic E-state index is -0.626. The van der Waals surface area contributed by atoms with Gasteiger partial charge in [-0.1, -0.05) is 23.4 Å². The molecule has 0 fully saturated rings. The molecule has 1 aromatic carbocycles. The molecule has 0 aliphatic heterocycles. The predicted octanol–water partition coefficient (Wildman–Crippen LogP) is 2.16. The molecule has 7 heteroatoms. The Morgan fingerprint density at radius 2 is 1.87 bits per heavy atom. The van der Waals surface area contributed by atoms with Crippen molar-refractivity contribution >= 4 is 17.7 Å². The normalized spacial score (nSPS) is 10.2. The maximum absolute atomic E-state index is 11.6. The third-order valence-corrected chi connectivity index (χ3v) is 3.00. The van der Waals surface area contributed by atoms with E-state index >= 15 is 0 Å². The highest BCUT2D eigenvalue weighted by molar-refractivity contribution is 5.91. The summed E-state index contributed by atoms with van der Waals surface area (Å²) in [4.78, 5) is 23.2. The summed E-state index contributed by atoms with van der Waals surface area (Å²) in [5.74, 6) is 0.361. The summed E-state index contributed by atoms with van der Waals surface area (Å²) in [6.45, 7) is 4.80. The fourth-order valence-electron chi connectivity index (χ4n) is 1.95. The smallest absolute Gasteiger partial charge is 0.344 e. The minimum absolute atomic E-state index is 0.262. The number of esters is 1. The van der Waals surface area contributed by atoms with Crippen LogP contribution in [0.1, 0.15) is 16.9 Å². The van der Waals surface area contributed by atoms with Gasteiger partial charge in [0.05, 0.1) is 0 Å². The number of ether oxygens (including phenoxy) is 2. The van der Waals surface area contributed by atoms with Crippen LogP contribution in [0.5, 0.6) is 5.75 Å². The first-order valence-electron chi connectivity index (χ1n) is 7.03. The van der Waals surface area contributed by atoms with Crippen molar-refractivity contribution < 1.29 is 23.6 Å². The van der Waals surface area contributed by atoms with Gasteiger partial charge in [-0.05, 0) is 31.9 Å². The largest absolute Gasteiger partial charge is 0.481 e. The lowest BCUT2D eigenvalue weighted by Crippen LogP contribution is -2.24. The lowest BCUT2D eigenvalue weighted by atomic mass is 10.1. The number of carbonyl (C=O) groups is 2. The second-order valence-corrected chi connectivity index (χ2v) is 5.04. The Hall–Kier alpha value is -2.83. The maximum Gasteiger partial charge on any atom is 0.344 e. The topological polar surface area (TPSA) is 90.7 Å². The van der Waals surface area contributed by atoms with E-state index in [2.05, 4.69) is 10.5 Å². The first kappa shape index (κ1) is 16.5. The Kier molecular flexibility index (Phi) is 5.35. The molecule has 1 amide bonds. The lowest BCUT2D eigenvalue weighted by molar-refractivity contribution is -0.149. The van der Waals surface area contributed by atoms with E-state index < -0.39 is 18.5 Å². The molecule has 0 radical (unpaired) electrons. The zero-order valence-electron chi connectivity index (χ0n) is 13.2. The number of rotatable bonds is 6. The third-order valence-electron chi connectivity index (χ3n) is 3.00. The van der Waals surface area contributed by atoms with Gasteiger partial charge in [-0.3, -0.25) is 4.79 Å². The van der Waals surface area contributed by atoms with Crippen LogP contribution in [-0.4, -0.2) is 30.2 Å². The Bertz CT molecular complexity index is 688. The van der Waals surface area contributed by atoms with Crippen molar-refractivity contribution in [3.8, 4) is 5.75 Å². The molecule has 1 heterocycles. The van der Waals surface area contributed by atoms with Crippen LogP contribution in [0.3, 0.4) is 0 Å². The second-order valence-electron chi connectivity index (χ2n) is 5.04. The van der Waals surface area contributed by atoms with E-state index in [1.807, 2.05) is 32.0 Å². The number of para-hydroxylation sites is 1. The number of benzene rings is 1. The zero-order chi connectivity index (χ0) is 16.8. The molecule has 23 heavy (non-hydrogen) atoms. The standard InChI is InChI=1S/C16H18N2O5/c1-10-5-4-6-11(2)16(10)22-9-15(20)21-8-14(19)17-13-7-12(3)23-18-13/h4-7H,8-9H2,1-3H3,(H,17,18,19). The maximum atomic E-state index is 11.6. The molecule has 0 saturated heterocycles. The summed E-state index contributed by atoms with van der Waals surface area (Å²) in [6.07, 6.45) is 0. The van der Waals surface area contributed by atoms with Crippen LogP contribution < -0.4 is 10.1 Å². The molecule has 0 unspecified atom stereocenters. The van der Waals surface area contributed by atoms with Crippen LogP contribution in [-0.2, 0) is 14.3 Å². The molecule has 0 aliphatic rings. The fourth-order valence-corrected chi connectivity index (χ4v) is 1.95. The summed E-state index contributed by atoms with van der Waals surface area (Å²) < 4.78 is 15.1. The summed E-state index contributed by atoms with van der Waals surface area (Å²) in [5, 5.41) is 6.05. The van der Waals surface area contributed by atoms with Crippen molar-refractivity contribution in [2.75, 3.05) is 18.5 Å². The van der Waals surface area contributed by atoms with Crippen LogP contribution in [0.15, 0.2) is 28.8 Å². The SMILES string of the molecule is Cc1cc(NC(=O)COC(=O)COc2c(C)cccc2C)no1. The van der Waals surface area contributed by atoms with Crippen LogP contribution in [0, 0.1) is 20.8 Å². The summed E-state index contributed by atoms with van der Waals surface area (Å²) >= 11 is 0.